The number of hydrogen-bond acceptors (Lipinski definition) is 2. The lowest BCUT2D eigenvalue weighted by atomic mass is 9.84. The molecule has 1 atom stereocenters. The van der Waals surface area contributed by atoms with E-state index in [4.69, 9.17) is 4.74 Å². The highest BCUT2D eigenvalue weighted by molar-refractivity contribution is 6.76. The lowest BCUT2D eigenvalue weighted by molar-refractivity contribution is -0.131. The second-order valence-electron chi connectivity index (χ2n) is 6.90. The number of ether oxygens (including phenoxy) is 1. The van der Waals surface area contributed by atoms with Crippen LogP contribution in [0.3, 0.4) is 0 Å². The molecule has 0 rings (SSSR count). The van der Waals surface area contributed by atoms with Gasteiger partial charge in [0.1, 0.15) is 5.78 Å². The molecule has 2 nitrogen and oxygen atoms in total. The smallest absolute Gasteiger partial charge is 0.143 e. The van der Waals surface area contributed by atoms with Gasteiger partial charge in [0.2, 0.25) is 0 Å². The van der Waals surface area contributed by atoms with E-state index in [1.807, 2.05) is 27.7 Å². The van der Waals surface area contributed by atoms with Gasteiger partial charge in [0, 0.05) is 26.0 Å². The van der Waals surface area contributed by atoms with E-state index in [1.165, 1.54) is 6.04 Å². The van der Waals surface area contributed by atoms with Crippen molar-refractivity contribution in [1.82, 2.24) is 0 Å². The Bertz CT molecular complexity index is 223. The Morgan fingerprint density at radius 1 is 1.25 bits per heavy atom. The summed E-state index contributed by atoms with van der Waals surface area (Å²) in [7, 11) is -1.00. The minimum atomic E-state index is -1.00. The molecule has 0 radical (unpaired) electrons. The van der Waals surface area contributed by atoms with E-state index in [-0.39, 0.29) is 11.3 Å². The van der Waals surface area contributed by atoms with Crippen molar-refractivity contribution >= 4 is 13.9 Å². The fourth-order valence-corrected chi connectivity index (χ4v) is 2.21. The van der Waals surface area contributed by atoms with Gasteiger partial charge in [-0.3, -0.25) is 4.79 Å². The SMILES string of the molecule is CC(COCC[Si](C)(C)C)C(=O)C(C)(C)C. The highest BCUT2D eigenvalue weighted by atomic mass is 28.3. The number of hydrogen-bond donors (Lipinski definition) is 0. The third-order valence-corrected chi connectivity index (χ3v) is 4.26. The van der Waals surface area contributed by atoms with Crippen molar-refractivity contribution < 1.29 is 9.53 Å². The van der Waals surface area contributed by atoms with Gasteiger partial charge < -0.3 is 4.74 Å². The monoisotopic (exact) mass is 244 g/mol. The largest absolute Gasteiger partial charge is 0.381 e. The third-order valence-electron chi connectivity index (χ3n) is 2.55. The van der Waals surface area contributed by atoms with Crippen LogP contribution in [-0.2, 0) is 9.53 Å². The van der Waals surface area contributed by atoms with Crippen LogP contribution in [0.4, 0.5) is 0 Å². The van der Waals surface area contributed by atoms with Gasteiger partial charge in [-0.25, -0.2) is 0 Å². The van der Waals surface area contributed by atoms with Crippen molar-refractivity contribution in [2.24, 2.45) is 11.3 Å². The zero-order chi connectivity index (χ0) is 13.0. The van der Waals surface area contributed by atoms with Crippen molar-refractivity contribution in [1.29, 1.82) is 0 Å². The highest BCUT2D eigenvalue weighted by Crippen LogP contribution is 2.20. The summed E-state index contributed by atoms with van der Waals surface area (Å²) in [6.45, 7) is 16.2. The first-order chi connectivity index (χ1) is 7.04. The molecule has 0 aliphatic rings. The van der Waals surface area contributed by atoms with Gasteiger partial charge >= 0.3 is 0 Å². The van der Waals surface area contributed by atoms with Crippen LogP contribution in [-0.4, -0.2) is 27.1 Å². The molecule has 0 saturated heterocycles. The molecule has 0 spiro atoms. The summed E-state index contributed by atoms with van der Waals surface area (Å²) in [4.78, 5) is 11.9. The van der Waals surface area contributed by atoms with Crippen LogP contribution in [0.25, 0.3) is 0 Å². The molecular weight excluding hydrogens is 216 g/mol. The molecule has 3 heteroatoms. The number of Topliss-reactive ketones (excluding diaryl/α,β-unsaturated/α-hetero) is 1. The fraction of sp³-hybridized carbons (Fsp3) is 0.923. The van der Waals surface area contributed by atoms with Crippen molar-refractivity contribution in [3.05, 3.63) is 0 Å². The molecule has 0 aromatic heterocycles. The van der Waals surface area contributed by atoms with Gasteiger partial charge in [0.05, 0.1) is 6.61 Å². The normalized spacial score (nSPS) is 14.9. The van der Waals surface area contributed by atoms with Gasteiger partial charge in [-0.2, -0.15) is 0 Å². The van der Waals surface area contributed by atoms with Gasteiger partial charge in [0.15, 0.2) is 0 Å². The van der Waals surface area contributed by atoms with Gasteiger partial charge in [0.25, 0.3) is 0 Å². The van der Waals surface area contributed by atoms with E-state index in [0.29, 0.717) is 12.4 Å². The average molecular weight is 244 g/mol. The molecule has 1 unspecified atom stereocenters. The van der Waals surface area contributed by atoms with Crippen molar-refractivity contribution in [2.45, 2.75) is 53.4 Å². The van der Waals surface area contributed by atoms with E-state index in [1.54, 1.807) is 0 Å². The molecule has 0 N–H and O–H groups in total. The highest BCUT2D eigenvalue weighted by Gasteiger charge is 2.26. The first-order valence-electron chi connectivity index (χ1n) is 6.16. The summed E-state index contributed by atoms with van der Waals surface area (Å²) < 4.78 is 5.60. The van der Waals surface area contributed by atoms with Crippen molar-refractivity contribution in [2.75, 3.05) is 13.2 Å². The Hall–Kier alpha value is -0.153. The molecular formula is C13H28O2Si. The molecule has 0 amide bonds. The van der Waals surface area contributed by atoms with Gasteiger partial charge in [-0.05, 0) is 6.04 Å². The van der Waals surface area contributed by atoms with E-state index < -0.39 is 8.07 Å². The standard InChI is InChI=1S/C13H28O2Si/c1-11(12(14)13(2,3)4)10-15-8-9-16(5,6)7/h11H,8-10H2,1-7H3. The van der Waals surface area contributed by atoms with Crippen LogP contribution in [0.5, 0.6) is 0 Å². The average Bonchev–Trinajstić information content (AvgIpc) is 2.07. The lowest BCUT2D eigenvalue weighted by Crippen LogP contribution is -2.30. The summed E-state index contributed by atoms with van der Waals surface area (Å²) in [6.07, 6.45) is 0. The van der Waals surface area contributed by atoms with Crippen LogP contribution in [0.2, 0.25) is 25.7 Å². The zero-order valence-corrected chi connectivity index (χ0v) is 13.0. The third kappa shape index (κ3) is 7.18. The molecule has 0 aromatic rings. The van der Waals surface area contributed by atoms with Crippen LogP contribution < -0.4 is 0 Å². The first-order valence-corrected chi connectivity index (χ1v) is 9.87. The summed E-state index contributed by atoms with van der Waals surface area (Å²) in [5.74, 6) is 0.308. The van der Waals surface area contributed by atoms with Crippen LogP contribution in [0.15, 0.2) is 0 Å². The predicted octanol–water partition coefficient (Wildman–Crippen LogP) is 3.59. The van der Waals surface area contributed by atoms with Crippen LogP contribution in [0, 0.1) is 11.3 Å². The van der Waals surface area contributed by atoms with E-state index in [9.17, 15) is 4.79 Å². The lowest BCUT2D eigenvalue weighted by Gasteiger charge is -2.22. The number of ketones is 1. The fourth-order valence-electron chi connectivity index (χ4n) is 1.45. The maximum absolute atomic E-state index is 11.9. The molecule has 0 aliphatic heterocycles. The number of carbonyl (C=O) groups excluding carboxylic acids is 1. The van der Waals surface area contributed by atoms with E-state index >= 15 is 0 Å². The summed E-state index contributed by atoms with van der Waals surface area (Å²) >= 11 is 0. The molecule has 16 heavy (non-hydrogen) atoms. The molecule has 0 saturated carbocycles. The van der Waals surface area contributed by atoms with Gasteiger partial charge in [-0.1, -0.05) is 47.3 Å². The molecule has 0 fully saturated rings. The molecule has 0 aliphatic carbocycles. The quantitative estimate of drug-likeness (QED) is 0.527. The number of rotatable bonds is 6. The number of carbonyl (C=O) groups is 1. The molecule has 0 bridgehead atoms. The second kappa shape index (κ2) is 5.96. The molecule has 0 heterocycles. The van der Waals surface area contributed by atoms with Crippen LogP contribution >= 0.6 is 0 Å². The summed E-state index contributed by atoms with van der Waals surface area (Å²) in [5.41, 5.74) is -0.248. The summed E-state index contributed by atoms with van der Waals surface area (Å²) in [5, 5.41) is 0. The predicted molar refractivity (Wildman–Crippen MR) is 72.6 cm³/mol. The zero-order valence-electron chi connectivity index (χ0n) is 12.0. The Balaban J connectivity index is 3.83. The Morgan fingerprint density at radius 3 is 2.12 bits per heavy atom. The minimum absolute atomic E-state index is 0.0154. The van der Waals surface area contributed by atoms with Crippen molar-refractivity contribution in [3.63, 3.8) is 0 Å². The molecule has 0 aromatic carbocycles. The Labute approximate surface area is 102 Å². The van der Waals surface area contributed by atoms with E-state index in [2.05, 4.69) is 19.6 Å². The molecule has 96 valence electrons. The maximum atomic E-state index is 11.9. The van der Waals surface area contributed by atoms with E-state index in [0.717, 1.165) is 6.61 Å². The first kappa shape index (κ1) is 15.8. The van der Waals surface area contributed by atoms with Crippen LogP contribution in [0.1, 0.15) is 27.7 Å². The second-order valence-corrected chi connectivity index (χ2v) is 12.5. The Morgan fingerprint density at radius 2 is 1.75 bits per heavy atom. The maximum Gasteiger partial charge on any atom is 0.143 e. The van der Waals surface area contributed by atoms with Gasteiger partial charge in [-0.15, -0.1) is 0 Å². The Kier molecular flexibility index (Phi) is 5.91. The van der Waals surface area contributed by atoms with Crippen molar-refractivity contribution in [3.8, 4) is 0 Å². The summed E-state index contributed by atoms with van der Waals surface area (Å²) in [6, 6.07) is 1.17. The minimum Gasteiger partial charge on any atom is -0.381 e. The topological polar surface area (TPSA) is 26.3 Å².